The fourth-order valence-electron chi connectivity index (χ4n) is 2.41. The van der Waals surface area contributed by atoms with Gasteiger partial charge in [0.1, 0.15) is 18.2 Å². The van der Waals surface area contributed by atoms with E-state index in [-0.39, 0.29) is 11.0 Å². The summed E-state index contributed by atoms with van der Waals surface area (Å²) in [6.45, 7) is 5.70. The minimum atomic E-state index is -0.956. The van der Waals surface area contributed by atoms with E-state index in [9.17, 15) is 15.0 Å². The molecule has 4 heteroatoms. The Morgan fingerprint density at radius 1 is 1.53 bits per heavy atom. The third kappa shape index (κ3) is 1.62. The van der Waals surface area contributed by atoms with E-state index in [2.05, 4.69) is 5.92 Å². The van der Waals surface area contributed by atoms with E-state index in [0.717, 1.165) is 0 Å². The first-order chi connectivity index (χ1) is 6.75. The molecule has 0 aromatic carbocycles. The zero-order valence-corrected chi connectivity index (χ0v) is 9.40. The molecule has 0 aromatic rings. The van der Waals surface area contributed by atoms with Gasteiger partial charge in [0.2, 0.25) is 0 Å². The topological polar surface area (TPSA) is 57.5 Å². The molecule has 15 heavy (non-hydrogen) atoms. The first kappa shape index (κ1) is 12.0. The molecule has 1 unspecified atom stereocenters. The summed E-state index contributed by atoms with van der Waals surface area (Å²) < 4.78 is -0.245. The number of rotatable bonds is 0. The van der Waals surface area contributed by atoms with Crippen LogP contribution in [0.3, 0.4) is 0 Å². The monoisotopic (exact) mass is 212 g/mol. The molecule has 0 aromatic heterocycles. The quantitative estimate of drug-likeness (QED) is 0.466. The van der Waals surface area contributed by atoms with Gasteiger partial charge in [-0.3, -0.25) is 0 Å². The van der Waals surface area contributed by atoms with Gasteiger partial charge in [-0.25, -0.2) is 4.48 Å². The Morgan fingerprint density at radius 2 is 2.07 bits per heavy atom. The molecule has 1 fully saturated rings. The van der Waals surface area contributed by atoms with Crippen LogP contribution in [0.1, 0.15) is 27.2 Å². The Bertz CT molecular complexity index is 313. The number of carbonyl (C=O) groups is 1. The summed E-state index contributed by atoms with van der Waals surface area (Å²) in [4.78, 5) is 11.5. The van der Waals surface area contributed by atoms with E-state index in [1.54, 1.807) is 0 Å². The smallest absolute Gasteiger partial charge is 0.435 e. The second kappa shape index (κ2) is 3.51. The Labute approximate surface area is 90.1 Å². The summed E-state index contributed by atoms with van der Waals surface area (Å²) >= 11 is 0. The third-order valence-electron chi connectivity index (χ3n) is 3.26. The molecule has 1 rings (SSSR count). The van der Waals surface area contributed by atoms with Gasteiger partial charge in [-0.2, -0.15) is 4.79 Å². The van der Waals surface area contributed by atoms with Crippen molar-refractivity contribution in [3.05, 3.63) is 0 Å². The first-order valence-electron chi connectivity index (χ1n) is 5.01. The van der Waals surface area contributed by atoms with Crippen molar-refractivity contribution in [2.45, 2.75) is 44.9 Å². The maximum atomic E-state index is 11.5. The lowest BCUT2D eigenvalue weighted by Crippen LogP contribution is -2.65. The van der Waals surface area contributed by atoms with Gasteiger partial charge in [-0.15, -0.1) is 6.42 Å². The molecule has 1 saturated heterocycles. The van der Waals surface area contributed by atoms with Crippen LogP contribution in [0.25, 0.3) is 0 Å². The predicted octanol–water partition coefficient (Wildman–Crippen LogP) is 1.05. The molecule has 0 spiro atoms. The van der Waals surface area contributed by atoms with E-state index in [4.69, 9.17) is 6.42 Å². The highest BCUT2D eigenvalue weighted by atomic mass is 16.4. The molecule has 1 aliphatic heterocycles. The van der Waals surface area contributed by atoms with E-state index in [1.165, 1.54) is 0 Å². The van der Waals surface area contributed by atoms with Crippen molar-refractivity contribution >= 4 is 6.09 Å². The minimum Gasteiger partial charge on any atom is -0.435 e. The number of hydrogen-bond acceptors (Lipinski definition) is 2. The fraction of sp³-hybridized carbons (Fsp3) is 0.727. The first-order valence-corrected chi connectivity index (χ1v) is 5.01. The lowest BCUT2D eigenvalue weighted by atomic mass is 10.00. The number of hydrogen-bond donors (Lipinski definition) is 2. The number of aliphatic hydroxyl groups is 1. The van der Waals surface area contributed by atoms with Gasteiger partial charge >= 0.3 is 6.09 Å². The Hall–Kier alpha value is -1.05. The van der Waals surface area contributed by atoms with Gasteiger partial charge < -0.3 is 10.2 Å². The van der Waals surface area contributed by atoms with Crippen molar-refractivity contribution in [1.29, 1.82) is 0 Å². The average molecular weight is 212 g/mol. The van der Waals surface area contributed by atoms with Crippen LogP contribution in [0, 0.1) is 12.3 Å². The zero-order valence-electron chi connectivity index (χ0n) is 9.40. The molecular weight excluding hydrogens is 194 g/mol. The normalized spacial score (nSPS) is 36.2. The molecule has 0 radical (unpaired) electrons. The van der Waals surface area contributed by atoms with Crippen molar-refractivity contribution in [1.82, 2.24) is 0 Å². The molecule has 1 heterocycles. The van der Waals surface area contributed by atoms with Crippen LogP contribution in [0.4, 0.5) is 4.79 Å². The summed E-state index contributed by atoms with van der Waals surface area (Å²) in [6, 6.07) is -0.447. The van der Waals surface area contributed by atoms with Crippen molar-refractivity contribution in [2.24, 2.45) is 0 Å². The van der Waals surface area contributed by atoms with Gasteiger partial charge in [-0.1, -0.05) is 0 Å². The van der Waals surface area contributed by atoms with Crippen molar-refractivity contribution in [3.8, 4) is 12.3 Å². The van der Waals surface area contributed by atoms with Gasteiger partial charge in [-0.05, 0) is 26.7 Å². The van der Waals surface area contributed by atoms with Crippen LogP contribution >= 0.6 is 0 Å². The number of terminal acetylenes is 1. The Kier molecular flexibility index (Phi) is 2.81. The lowest BCUT2D eigenvalue weighted by molar-refractivity contribution is -0.908. The number of likely N-dealkylation sites (tertiary alicyclic amines) is 1. The van der Waals surface area contributed by atoms with Gasteiger partial charge in [0.25, 0.3) is 0 Å². The number of quaternary nitrogens is 1. The second-order valence-electron chi connectivity index (χ2n) is 5.08. The molecule has 0 aliphatic carbocycles. The molecular formula is C11H18NO3+. The highest BCUT2D eigenvalue weighted by molar-refractivity contribution is 5.58. The predicted molar refractivity (Wildman–Crippen MR) is 56.2 cm³/mol. The van der Waals surface area contributed by atoms with Crippen LogP contribution in [-0.4, -0.2) is 45.0 Å². The summed E-state index contributed by atoms with van der Waals surface area (Å²) in [7, 11) is 0. The molecule has 0 saturated carbocycles. The Balaban J connectivity index is 3.24. The highest BCUT2D eigenvalue weighted by Crippen LogP contribution is 2.36. The van der Waals surface area contributed by atoms with Crippen molar-refractivity contribution < 1.29 is 19.5 Å². The average Bonchev–Trinajstić information content (AvgIpc) is 2.42. The van der Waals surface area contributed by atoms with Crippen molar-refractivity contribution in [3.63, 3.8) is 0 Å². The fourth-order valence-corrected chi connectivity index (χ4v) is 2.41. The summed E-state index contributed by atoms with van der Waals surface area (Å²) in [5, 5.41) is 19.0. The van der Waals surface area contributed by atoms with Crippen LogP contribution in [0.15, 0.2) is 0 Å². The molecule has 0 bridgehead atoms. The van der Waals surface area contributed by atoms with Crippen LogP contribution in [0.5, 0.6) is 0 Å². The second-order valence-corrected chi connectivity index (χ2v) is 5.08. The number of amides is 1. The van der Waals surface area contributed by atoms with Crippen molar-refractivity contribution in [2.75, 3.05) is 6.54 Å². The van der Waals surface area contributed by atoms with Gasteiger partial charge in [0.15, 0.2) is 6.04 Å². The zero-order chi connectivity index (χ0) is 11.9. The standard InChI is InChI=1S/C11H17NO3/c1-5-8-6-9(13)7-12(8,10(14)15)11(2,3)4/h1,8-9,13H,6-7H2,2-4H3/p+1/t8-,9+,12?/m0/s1. The number of carboxylic acid groups (broad SMARTS) is 1. The largest absolute Gasteiger partial charge is 0.515 e. The summed E-state index contributed by atoms with van der Waals surface area (Å²) in [6.07, 6.45) is 4.15. The Morgan fingerprint density at radius 3 is 2.33 bits per heavy atom. The van der Waals surface area contributed by atoms with Gasteiger partial charge in [0.05, 0.1) is 0 Å². The van der Waals surface area contributed by atoms with Crippen LogP contribution < -0.4 is 0 Å². The lowest BCUT2D eigenvalue weighted by Gasteiger charge is -2.42. The van der Waals surface area contributed by atoms with E-state index in [0.29, 0.717) is 6.42 Å². The maximum absolute atomic E-state index is 11.5. The molecule has 3 atom stereocenters. The highest BCUT2D eigenvalue weighted by Gasteiger charge is 2.58. The maximum Gasteiger partial charge on any atom is 0.515 e. The minimum absolute atomic E-state index is 0.188. The summed E-state index contributed by atoms with van der Waals surface area (Å²) in [5.74, 6) is 2.50. The van der Waals surface area contributed by atoms with Crippen LogP contribution in [0.2, 0.25) is 0 Å². The third-order valence-corrected chi connectivity index (χ3v) is 3.26. The van der Waals surface area contributed by atoms with E-state index >= 15 is 0 Å². The van der Waals surface area contributed by atoms with Crippen LogP contribution in [-0.2, 0) is 0 Å². The summed E-state index contributed by atoms with van der Waals surface area (Å²) in [5.41, 5.74) is -0.514. The molecule has 2 N–H and O–H groups in total. The number of aliphatic hydroxyl groups excluding tert-OH is 1. The van der Waals surface area contributed by atoms with E-state index in [1.807, 2.05) is 20.8 Å². The number of nitrogens with zero attached hydrogens (tertiary/aromatic N) is 1. The molecule has 84 valence electrons. The SMILES string of the molecule is C#C[C@H]1C[C@@H](O)C[N+]1(C(=O)O)C(C)(C)C. The van der Waals surface area contributed by atoms with Gasteiger partial charge in [0, 0.05) is 6.42 Å². The molecule has 1 aliphatic rings. The molecule has 4 nitrogen and oxygen atoms in total. The van der Waals surface area contributed by atoms with E-state index < -0.39 is 23.8 Å². The molecule has 1 amide bonds.